The fourth-order valence-corrected chi connectivity index (χ4v) is 3.08. The van der Waals surface area contributed by atoms with Gasteiger partial charge in [-0.2, -0.15) is 0 Å². The zero-order valence-corrected chi connectivity index (χ0v) is 14.4. The van der Waals surface area contributed by atoms with Gasteiger partial charge in [-0.15, -0.1) is 0 Å². The average Bonchev–Trinajstić information content (AvgIpc) is 3.04. The van der Waals surface area contributed by atoms with E-state index in [9.17, 15) is 10.1 Å². The highest BCUT2D eigenvalue weighted by Crippen LogP contribution is 2.30. The standard InChI is InChI=1S/C20H16N4O2/c1-13-6-8-15(9-7-13)18-11-22-20(19-12-21-14(2)23(18)19)16-4-3-5-17(10-16)24(25)26/h3-12H,1-2H3. The summed E-state index contributed by atoms with van der Waals surface area (Å²) in [4.78, 5) is 19.7. The number of rotatable bonds is 3. The van der Waals surface area contributed by atoms with Gasteiger partial charge in [0.25, 0.3) is 5.69 Å². The van der Waals surface area contributed by atoms with E-state index in [4.69, 9.17) is 0 Å². The van der Waals surface area contributed by atoms with Crippen molar-refractivity contribution in [3.63, 3.8) is 0 Å². The van der Waals surface area contributed by atoms with Gasteiger partial charge in [0.05, 0.1) is 34.2 Å². The van der Waals surface area contributed by atoms with E-state index < -0.39 is 4.92 Å². The Balaban J connectivity index is 1.94. The molecular weight excluding hydrogens is 328 g/mol. The molecule has 2 aromatic carbocycles. The van der Waals surface area contributed by atoms with Crippen molar-refractivity contribution in [3.8, 4) is 22.5 Å². The van der Waals surface area contributed by atoms with Crippen LogP contribution in [-0.4, -0.2) is 19.3 Å². The van der Waals surface area contributed by atoms with Crippen LogP contribution in [0.2, 0.25) is 0 Å². The Morgan fingerprint density at radius 2 is 1.73 bits per heavy atom. The van der Waals surface area contributed by atoms with Gasteiger partial charge >= 0.3 is 0 Å². The van der Waals surface area contributed by atoms with Gasteiger partial charge in [0.15, 0.2) is 0 Å². The smallest absolute Gasteiger partial charge is 0.270 e. The lowest BCUT2D eigenvalue weighted by Gasteiger charge is -2.11. The highest BCUT2D eigenvalue weighted by Gasteiger charge is 2.15. The lowest BCUT2D eigenvalue weighted by Crippen LogP contribution is -1.99. The number of aromatic nitrogens is 3. The quantitative estimate of drug-likeness (QED) is 0.402. The number of non-ortho nitro benzene ring substituents is 1. The Labute approximate surface area is 149 Å². The molecule has 0 aliphatic rings. The molecule has 2 heterocycles. The molecule has 6 heteroatoms. The predicted molar refractivity (Wildman–Crippen MR) is 100.0 cm³/mol. The van der Waals surface area contributed by atoms with E-state index in [1.807, 2.05) is 24.3 Å². The number of nitro groups is 1. The molecule has 0 saturated carbocycles. The Bertz CT molecular complexity index is 1130. The second-order valence-electron chi connectivity index (χ2n) is 6.19. The van der Waals surface area contributed by atoms with Crippen LogP contribution in [0.3, 0.4) is 0 Å². The van der Waals surface area contributed by atoms with Crippen LogP contribution in [-0.2, 0) is 0 Å². The molecule has 0 aliphatic heterocycles. The molecule has 4 rings (SSSR count). The molecule has 0 bridgehead atoms. The minimum Gasteiger partial charge on any atom is -0.293 e. The third kappa shape index (κ3) is 2.61. The molecule has 6 nitrogen and oxygen atoms in total. The summed E-state index contributed by atoms with van der Waals surface area (Å²) in [5.41, 5.74) is 5.39. The normalized spacial score (nSPS) is 11.0. The van der Waals surface area contributed by atoms with E-state index in [1.165, 1.54) is 17.7 Å². The monoisotopic (exact) mass is 344 g/mol. The predicted octanol–water partition coefficient (Wildman–Crippen LogP) is 4.59. The Morgan fingerprint density at radius 1 is 0.962 bits per heavy atom. The molecule has 0 saturated heterocycles. The highest BCUT2D eigenvalue weighted by molar-refractivity contribution is 5.80. The maximum Gasteiger partial charge on any atom is 0.270 e. The van der Waals surface area contributed by atoms with Crippen LogP contribution in [0.15, 0.2) is 60.9 Å². The average molecular weight is 344 g/mol. The third-order valence-electron chi connectivity index (χ3n) is 4.42. The molecule has 0 radical (unpaired) electrons. The molecular formula is C20H16N4O2. The Hall–Kier alpha value is -3.54. The number of hydrogen-bond donors (Lipinski definition) is 0. The third-order valence-corrected chi connectivity index (χ3v) is 4.42. The van der Waals surface area contributed by atoms with Crippen molar-refractivity contribution in [1.29, 1.82) is 0 Å². The topological polar surface area (TPSA) is 73.3 Å². The van der Waals surface area contributed by atoms with Gasteiger partial charge in [-0.05, 0) is 13.8 Å². The van der Waals surface area contributed by atoms with Crippen LogP contribution >= 0.6 is 0 Å². The number of hydrogen-bond acceptors (Lipinski definition) is 4. The summed E-state index contributed by atoms with van der Waals surface area (Å²) in [7, 11) is 0. The van der Waals surface area contributed by atoms with Crippen molar-refractivity contribution in [3.05, 3.63) is 82.4 Å². The van der Waals surface area contributed by atoms with E-state index >= 15 is 0 Å². The van der Waals surface area contributed by atoms with Crippen LogP contribution in [0.25, 0.3) is 28.0 Å². The number of benzene rings is 2. The SMILES string of the molecule is Cc1ccc(-c2cnc(-c3cccc([N+](=O)[O-])c3)c3cnc(C)n23)cc1. The van der Waals surface area contributed by atoms with Crippen molar-refractivity contribution in [2.75, 3.05) is 0 Å². The Morgan fingerprint density at radius 3 is 2.46 bits per heavy atom. The van der Waals surface area contributed by atoms with E-state index in [0.29, 0.717) is 11.3 Å². The number of aryl methyl sites for hydroxylation is 2. The maximum absolute atomic E-state index is 11.1. The van der Waals surface area contributed by atoms with Crippen LogP contribution in [0.5, 0.6) is 0 Å². The number of nitrogens with zero attached hydrogens (tertiary/aromatic N) is 4. The molecule has 2 aromatic heterocycles. The van der Waals surface area contributed by atoms with Gasteiger partial charge in [0.2, 0.25) is 0 Å². The molecule has 4 aromatic rings. The summed E-state index contributed by atoms with van der Waals surface area (Å²) < 4.78 is 2.03. The van der Waals surface area contributed by atoms with E-state index in [0.717, 1.165) is 22.6 Å². The van der Waals surface area contributed by atoms with Crippen molar-refractivity contribution in [2.24, 2.45) is 0 Å². The van der Waals surface area contributed by atoms with Crippen molar-refractivity contribution < 1.29 is 4.92 Å². The minimum absolute atomic E-state index is 0.0429. The molecule has 0 spiro atoms. The van der Waals surface area contributed by atoms with Gasteiger partial charge in [-0.25, -0.2) is 4.98 Å². The molecule has 0 aliphatic carbocycles. The second-order valence-corrected chi connectivity index (χ2v) is 6.19. The number of imidazole rings is 1. The summed E-state index contributed by atoms with van der Waals surface area (Å²) in [5.74, 6) is 0.838. The highest BCUT2D eigenvalue weighted by atomic mass is 16.6. The summed E-state index contributed by atoms with van der Waals surface area (Å²) in [6.45, 7) is 3.98. The minimum atomic E-state index is -0.400. The number of fused-ring (bicyclic) bond motifs is 1. The van der Waals surface area contributed by atoms with Crippen LogP contribution in [0.1, 0.15) is 11.4 Å². The zero-order valence-electron chi connectivity index (χ0n) is 14.4. The molecule has 0 N–H and O–H groups in total. The van der Waals surface area contributed by atoms with Crippen LogP contribution < -0.4 is 0 Å². The summed E-state index contributed by atoms with van der Waals surface area (Å²) in [6, 6.07) is 14.7. The van der Waals surface area contributed by atoms with E-state index in [1.54, 1.807) is 18.5 Å². The molecule has 0 atom stereocenters. The van der Waals surface area contributed by atoms with Crippen molar-refractivity contribution in [1.82, 2.24) is 14.4 Å². The van der Waals surface area contributed by atoms with Crippen molar-refractivity contribution >= 4 is 11.2 Å². The van der Waals surface area contributed by atoms with E-state index in [-0.39, 0.29) is 5.69 Å². The molecule has 0 amide bonds. The Kier molecular flexibility index (Phi) is 3.73. The lowest BCUT2D eigenvalue weighted by molar-refractivity contribution is -0.384. The largest absolute Gasteiger partial charge is 0.293 e. The maximum atomic E-state index is 11.1. The van der Waals surface area contributed by atoms with Gasteiger partial charge in [-0.1, -0.05) is 42.0 Å². The van der Waals surface area contributed by atoms with Gasteiger partial charge in [0.1, 0.15) is 5.82 Å². The zero-order chi connectivity index (χ0) is 18.3. The van der Waals surface area contributed by atoms with Crippen LogP contribution in [0.4, 0.5) is 5.69 Å². The first-order valence-electron chi connectivity index (χ1n) is 8.19. The van der Waals surface area contributed by atoms with Crippen LogP contribution in [0, 0.1) is 24.0 Å². The molecule has 0 fully saturated rings. The fraction of sp³-hybridized carbons (Fsp3) is 0.100. The summed E-state index contributed by atoms with van der Waals surface area (Å²) in [5, 5.41) is 11.1. The first kappa shape index (κ1) is 16.0. The number of nitro benzene ring substituents is 1. The van der Waals surface area contributed by atoms with E-state index in [2.05, 4.69) is 34.2 Å². The molecule has 0 unspecified atom stereocenters. The van der Waals surface area contributed by atoms with Gasteiger partial charge in [-0.3, -0.25) is 19.5 Å². The summed E-state index contributed by atoms with van der Waals surface area (Å²) in [6.07, 6.45) is 3.55. The molecule has 128 valence electrons. The van der Waals surface area contributed by atoms with Crippen molar-refractivity contribution in [2.45, 2.75) is 13.8 Å². The first-order valence-corrected chi connectivity index (χ1v) is 8.19. The van der Waals surface area contributed by atoms with Gasteiger partial charge < -0.3 is 0 Å². The molecule has 26 heavy (non-hydrogen) atoms. The summed E-state index contributed by atoms with van der Waals surface area (Å²) >= 11 is 0. The second kappa shape index (κ2) is 6.07. The first-order chi connectivity index (χ1) is 12.5. The lowest BCUT2D eigenvalue weighted by atomic mass is 10.1. The van der Waals surface area contributed by atoms with Gasteiger partial charge in [0, 0.05) is 23.3 Å². The fourth-order valence-electron chi connectivity index (χ4n) is 3.08.